The number of hydrogen-bond acceptors (Lipinski definition) is 3. The summed E-state index contributed by atoms with van der Waals surface area (Å²) in [6.07, 6.45) is 0. The average Bonchev–Trinajstić information content (AvgIpc) is 2.53. The Balaban J connectivity index is 0.00000106. The third-order valence-electron chi connectivity index (χ3n) is 3.80. The summed E-state index contributed by atoms with van der Waals surface area (Å²) in [5.41, 5.74) is 1.29. The van der Waals surface area contributed by atoms with Gasteiger partial charge in [-0.25, -0.2) is 0 Å². The van der Waals surface area contributed by atoms with Crippen molar-refractivity contribution in [1.82, 2.24) is 9.80 Å². The lowest BCUT2D eigenvalue weighted by Gasteiger charge is -2.44. The van der Waals surface area contributed by atoms with E-state index in [-0.39, 0.29) is 11.9 Å². The van der Waals surface area contributed by atoms with Crippen LogP contribution in [0.3, 0.4) is 0 Å². The molecule has 2 rings (SSSR count). The summed E-state index contributed by atoms with van der Waals surface area (Å²) < 4.78 is 0. The Hall–Kier alpha value is -1.39. The molecule has 1 aliphatic rings. The van der Waals surface area contributed by atoms with Gasteiger partial charge in [-0.15, -0.1) is 0 Å². The van der Waals surface area contributed by atoms with Crippen LogP contribution in [0.5, 0.6) is 0 Å². The van der Waals surface area contributed by atoms with Crippen molar-refractivity contribution in [1.29, 1.82) is 0 Å². The normalized spacial score (nSPS) is 22.4. The lowest BCUT2D eigenvalue weighted by Crippen LogP contribution is -2.58. The van der Waals surface area contributed by atoms with E-state index in [4.69, 9.17) is 5.11 Å². The fourth-order valence-corrected chi connectivity index (χ4v) is 2.67. The highest BCUT2D eigenvalue weighted by atomic mass is 16.3. The van der Waals surface area contributed by atoms with Crippen LogP contribution in [0.15, 0.2) is 30.3 Å². The van der Waals surface area contributed by atoms with E-state index in [1.165, 1.54) is 5.56 Å². The molecule has 0 aromatic heterocycles. The van der Waals surface area contributed by atoms with E-state index in [1.807, 2.05) is 26.8 Å². The topological polar surface area (TPSA) is 43.8 Å². The summed E-state index contributed by atoms with van der Waals surface area (Å²) >= 11 is 0. The second kappa shape index (κ2) is 8.80. The van der Waals surface area contributed by atoms with Crippen LogP contribution >= 0.6 is 0 Å². The largest absolute Gasteiger partial charge is 0.387 e. The molecule has 1 saturated heterocycles. The molecule has 2 unspecified atom stereocenters. The van der Waals surface area contributed by atoms with Crippen molar-refractivity contribution in [2.75, 3.05) is 19.7 Å². The van der Waals surface area contributed by atoms with Gasteiger partial charge in [-0.3, -0.25) is 9.69 Å². The minimum absolute atomic E-state index is 0.152. The number of hydrogen-bond donors (Lipinski definition) is 1. The number of aliphatic hydroxyl groups excluding tert-OH is 1. The van der Waals surface area contributed by atoms with Gasteiger partial charge in [0.15, 0.2) is 0 Å². The second-order valence-corrected chi connectivity index (χ2v) is 5.32. The van der Waals surface area contributed by atoms with E-state index in [9.17, 15) is 4.79 Å². The molecule has 1 amide bonds. The quantitative estimate of drug-likeness (QED) is 0.928. The molecule has 0 bridgehead atoms. The number of nitrogens with zero attached hydrogens (tertiary/aromatic N) is 2. The highest BCUT2D eigenvalue weighted by Gasteiger charge is 2.31. The van der Waals surface area contributed by atoms with Gasteiger partial charge >= 0.3 is 0 Å². The number of rotatable bonds is 3. The Morgan fingerprint density at radius 1 is 1.14 bits per heavy atom. The Bertz CT molecular complexity index is 422. The summed E-state index contributed by atoms with van der Waals surface area (Å²) in [5, 5.41) is 8.99. The van der Waals surface area contributed by atoms with Gasteiger partial charge in [0.1, 0.15) is 6.61 Å². The number of piperazine rings is 1. The molecule has 1 fully saturated rings. The first kappa shape index (κ1) is 17.7. The van der Waals surface area contributed by atoms with E-state index in [0.717, 1.165) is 13.1 Å². The molecule has 0 spiro atoms. The fourth-order valence-electron chi connectivity index (χ4n) is 2.67. The first-order valence-electron chi connectivity index (χ1n) is 7.80. The molecule has 0 aliphatic carbocycles. The molecule has 0 radical (unpaired) electrons. The Labute approximate surface area is 128 Å². The summed E-state index contributed by atoms with van der Waals surface area (Å²) in [6, 6.07) is 10.8. The third-order valence-corrected chi connectivity index (χ3v) is 3.80. The van der Waals surface area contributed by atoms with E-state index in [2.05, 4.69) is 36.1 Å². The molecule has 0 saturated carbocycles. The van der Waals surface area contributed by atoms with Crippen LogP contribution in [0, 0.1) is 0 Å². The SMILES string of the molecule is CC.CC1CN(C(=O)CO)C(C)CN1Cc1ccccc1. The van der Waals surface area contributed by atoms with Crippen LogP contribution in [0.25, 0.3) is 0 Å². The second-order valence-electron chi connectivity index (χ2n) is 5.32. The highest BCUT2D eigenvalue weighted by Crippen LogP contribution is 2.18. The first-order valence-corrected chi connectivity index (χ1v) is 7.80. The maximum Gasteiger partial charge on any atom is 0.248 e. The zero-order chi connectivity index (χ0) is 15.8. The smallest absolute Gasteiger partial charge is 0.248 e. The van der Waals surface area contributed by atoms with Crippen molar-refractivity contribution in [3.63, 3.8) is 0 Å². The standard InChI is InChI=1S/C15H22N2O2.C2H6/c1-12-9-17(15(19)11-18)13(2)8-16(12)10-14-6-4-3-5-7-14;1-2/h3-7,12-13,18H,8-11H2,1-2H3;1-2H3. The van der Waals surface area contributed by atoms with Gasteiger partial charge in [0, 0.05) is 31.7 Å². The molecular weight excluding hydrogens is 264 g/mol. The van der Waals surface area contributed by atoms with Crippen molar-refractivity contribution in [3.05, 3.63) is 35.9 Å². The van der Waals surface area contributed by atoms with Gasteiger partial charge in [0.25, 0.3) is 0 Å². The zero-order valence-corrected chi connectivity index (χ0v) is 13.6. The number of carbonyl (C=O) groups excluding carboxylic acids is 1. The third kappa shape index (κ3) is 4.83. The summed E-state index contributed by atoms with van der Waals surface area (Å²) in [4.78, 5) is 15.8. The maximum atomic E-state index is 11.6. The number of aliphatic hydroxyl groups is 1. The van der Waals surface area contributed by atoms with E-state index in [0.29, 0.717) is 12.6 Å². The Kier molecular flexibility index (Phi) is 7.40. The van der Waals surface area contributed by atoms with E-state index < -0.39 is 6.61 Å². The van der Waals surface area contributed by atoms with Crippen molar-refractivity contribution in [2.24, 2.45) is 0 Å². The summed E-state index contributed by atoms with van der Waals surface area (Å²) in [6.45, 7) is 10.2. The van der Waals surface area contributed by atoms with Gasteiger partial charge in [0.2, 0.25) is 5.91 Å². The van der Waals surface area contributed by atoms with Crippen molar-refractivity contribution in [2.45, 2.75) is 46.3 Å². The van der Waals surface area contributed by atoms with Crippen molar-refractivity contribution >= 4 is 5.91 Å². The predicted octanol–water partition coefficient (Wildman–Crippen LogP) is 2.13. The average molecular weight is 292 g/mol. The van der Waals surface area contributed by atoms with Gasteiger partial charge < -0.3 is 10.0 Å². The monoisotopic (exact) mass is 292 g/mol. The molecule has 21 heavy (non-hydrogen) atoms. The number of amides is 1. The fraction of sp³-hybridized carbons (Fsp3) is 0.588. The van der Waals surface area contributed by atoms with Crippen LogP contribution in [-0.2, 0) is 11.3 Å². The van der Waals surface area contributed by atoms with Gasteiger partial charge in [-0.1, -0.05) is 44.2 Å². The molecule has 1 aromatic carbocycles. The molecule has 4 heteroatoms. The highest BCUT2D eigenvalue weighted by molar-refractivity contribution is 5.77. The molecule has 4 nitrogen and oxygen atoms in total. The molecule has 1 heterocycles. The van der Waals surface area contributed by atoms with Gasteiger partial charge in [0.05, 0.1) is 0 Å². The number of carbonyl (C=O) groups is 1. The zero-order valence-electron chi connectivity index (χ0n) is 13.6. The minimum Gasteiger partial charge on any atom is -0.387 e. The Morgan fingerprint density at radius 3 is 2.33 bits per heavy atom. The first-order chi connectivity index (χ1) is 10.1. The van der Waals surface area contributed by atoms with Crippen LogP contribution < -0.4 is 0 Å². The molecule has 1 aliphatic heterocycles. The molecule has 2 atom stereocenters. The molecule has 118 valence electrons. The summed E-state index contributed by atoms with van der Waals surface area (Å²) in [7, 11) is 0. The van der Waals surface area contributed by atoms with E-state index >= 15 is 0 Å². The van der Waals surface area contributed by atoms with E-state index in [1.54, 1.807) is 4.90 Å². The Morgan fingerprint density at radius 2 is 1.76 bits per heavy atom. The van der Waals surface area contributed by atoms with Crippen LogP contribution in [0.1, 0.15) is 33.3 Å². The van der Waals surface area contributed by atoms with Crippen LogP contribution in [-0.4, -0.2) is 52.6 Å². The lowest BCUT2D eigenvalue weighted by atomic mass is 10.1. The van der Waals surface area contributed by atoms with Crippen LogP contribution in [0.4, 0.5) is 0 Å². The minimum atomic E-state index is -0.393. The molecular formula is C17H28N2O2. The molecule has 1 aromatic rings. The molecule has 1 N–H and O–H groups in total. The summed E-state index contributed by atoms with van der Waals surface area (Å²) in [5.74, 6) is -0.168. The lowest BCUT2D eigenvalue weighted by molar-refractivity contribution is -0.140. The van der Waals surface area contributed by atoms with Crippen molar-refractivity contribution in [3.8, 4) is 0 Å². The van der Waals surface area contributed by atoms with Crippen LogP contribution in [0.2, 0.25) is 0 Å². The predicted molar refractivity (Wildman–Crippen MR) is 85.9 cm³/mol. The number of benzene rings is 1. The van der Waals surface area contributed by atoms with Crippen molar-refractivity contribution < 1.29 is 9.90 Å². The maximum absolute atomic E-state index is 11.6. The van der Waals surface area contributed by atoms with Gasteiger partial charge in [-0.2, -0.15) is 0 Å². The van der Waals surface area contributed by atoms with Gasteiger partial charge in [-0.05, 0) is 19.4 Å².